The van der Waals surface area contributed by atoms with Gasteiger partial charge >= 0.3 is 5.97 Å². The van der Waals surface area contributed by atoms with Crippen molar-refractivity contribution in [3.8, 4) is 6.07 Å². The molecular formula is C10H8ClNO2S. The minimum absolute atomic E-state index is 0.117. The van der Waals surface area contributed by atoms with Crippen LogP contribution in [0.15, 0.2) is 17.0 Å². The Labute approximate surface area is 97.7 Å². The monoisotopic (exact) mass is 241 g/mol. The average molecular weight is 242 g/mol. The van der Waals surface area contributed by atoms with Crippen LogP contribution in [0.25, 0.3) is 0 Å². The summed E-state index contributed by atoms with van der Waals surface area (Å²) in [6.07, 6.45) is -0.117. The highest BCUT2D eigenvalue weighted by atomic mass is 35.5. The van der Waals surface area contributed by atoms with Crippen molar-refractivity contribution in [1.29, 1.82) is 5.26 Å². The van der Waals surface area contributed by atoms with E-state index in [-0.39, 0.29) is 12.3 Å². The van der Waals surface area contributed by atoms with Gasteiger partial charge in [0, 0.05) is 10.8 Å². The summed E-state index contributed by atoms with van der Waals surface area (Å²) in [4.78, 5) is 11.0. The van der Waals surface area contributed by atoms with Crippen LogP contribution in [-0.2, 0) is 17.1 Å². The van der Waals surface area contributed by atoms with Gasteiger partial charge in [-0.2, -0.15) is 5.26 Å². The number of halogens is 1. The van der Waals surface area contributed by atoms with Crippen molar-refractivity contribution in [2.24, 2.45) is 0 Å². The number of rotatable bonds is 3. The largest absolute Gasteiger partial charge is 0.481 e. The number of benzene rings is 1. The van der Waals surface area contributed by atoms with Gasteiger partial charge in [-0.15, -0.1) is 24.2 Å². The number of alkyl halides is 1. The van der Waals surface area contributed by atoms with E-state index >= 15 is 0 Å². The molecule has 0 saturated heterocycles. The van der Waals surface area contributed by atoms with Crippen LogP contribution in [0.4, 0.5) is 0 Å². The molecule has 0 bridgehead atoms. The highest BCUT2D eigenvalue weighted by Gasteiger charge is 2.09. The minimum Gasteiger partial charge on any atom is -0.481 e. The maximum Gasteiger partial charge on any atom is 0.307 e. The molecule has 15 heavy (non-hydrogen) atoms. The molecule has 0 fully saturated rings. The number of carboxylic acids is 1. The maximum atomic E-state index is 10.5. The van der Waals surface area contributed by atoms with Crippen LogP contribution in [0, 0.1) is 11.3 Å². The molecule has 0 spiro atoms. The van der Waals surface area contributed by atoms with Crippen molar-refractivity contribution in [2.75, 3.05) is 0 Å². The summed E-state index contributed by atoms with van der Waals surface area (Å²) in [5.41, 5.74) is 1.64. The number of nitriles is 1. The molecule has 78 valence electrons. The second-order valence-electron chi connectivity index (χ2n) is 2.95. The van der Waals surface area contributed by atoms with Gasteiger partial charge in [-0.25, -0.2) is 0 Å². The second-order valence-corrected chi connectivity index (χ2v) is 3.70. The Hall–Kier alpha value is -1.18. The van der Waals surface area contributed by atoms with E-state index in [1.807, 2.05) is 6.07 Å². The van der Waals surface area contributed by atoms with E-state index in [2.05, 4.69) is 12.6 Å². The molecule has 0 atom stereocenters. The lowest BCUT2D eigenvalue weighted by atomic mass is 10.0. The normalized spacial score (nSPS) is 9.67. The van der Waals surface area contributed by atoms with Gasteiger partial charge in [-0.05, 0) is 17.2 Å². The molecule has 3 nitrogen and oxygen atoms in total. The average Bonchev–Trinajstić information content (AvgIpc) is 2.19. The second kappa shape index (κ2) is 5.06. The van der Waals surface area contributed by atoms with Gasteiger partial charge in [0.15, 0.2) is 0 Å². The number of thiol groups is 1. The van der Waals surface area contributed by atoms with Crippen LogP contribution in [-0.4, -0.2) is 11.1 Å². The third-order valence-electron chi connectivity index (χ3n) is 1.91. The Balaban J connectivity index is 3.21. The molecule has 0 aliphatic carbocycles. The van der Waals surface area contributed by atoms with E-state index in [9.17, 15) is 4.79 Å². The lowest BCUT2D eigenvalue weighted by Gasteiger charge is -2.06. The van der Waals surface area contributed by atoms with Crippen LogP contribution in [0.2, 0.25) is 0 Å². The first-order valence-electron chi connectivity index (χ1n) is 4.11. The third kappa shape index (κ3) is 2.88. The van der Waals surface area contributed by atoms with Crippen LogP contribution >= 0.6 is 24.2 Å². The molecule has 1 aromatic carbocycles. The molecule has 0 unspecified atom stereocenters. The van der Waals surface area contributed by atoms with Crippen molar-refractivity contribution in [3.63, 3.8) is 0 Å². The summed E-state index contributed by atoms with van der Waals surface area (Å²) >= 11 is 9.77. The number of hydrogen-bond donors (Lipinski definition) is 2. The topological polar surface area (TPSA) is 61.1 Å². The van der Waals surface area contributed by atoms with Crippen molar-refractivity contribution < 1.29 is 9.90 Å². The fraction of sp³-hybridized carbons (Fsp3) is 0.200. The predicted molar refractivity (Wildman–Crippen MR) is 59.3 cm³/mol. The summed E-state index contributed by atoms with van der Waals surface area (Å²) in [7, 11) is 0. The molecular weight excluding hydrogens is 234 g/mol. The third-order valence-corrected chi connectivity index (χ3v) is 2.61. The van der Waals surface area contributed by atoms with Gasteiger partial charge in [-0.3, -0.25) is 4.79 Å². The maximum absolute atomic E-state index is 10.5. The molecule has 0 heterocycles. The number of aliphatic carboxylic acids is 1. The van der Waals surface area contributed by atoms with E-state index in [4.69, 9.17) is 22.0 Å². The van der Waals surface area contributed by atoms with Gasteiger partial charge in [0.05, 0.1) is 18.1 Å². The Kier molecular flexibility index (Phi) is 4.01. The van der Waals surface area contributed by atoms with E-state index in [0.717, 1.165) is 0 Å². The highest BCUT2D eigenvalue weighted by Crippen LogP contribution is 2.21. The summed E-state index contributed by atoms with van der Waals surface area (Å²) in [6, 6.07) is 5.14. The van der Waals surface area contributed by atoms with E-state index in [1.165, 1.54) is 0 Å². The van der Waals surface area contributed by atoms with E-state index in [1.54, 1.807) is 12.1 Å². The minimum atomic E-state index is -0.935. The van der Waals surface area contributed by atoms with Gasteiger partial charge in [0.25, 0.3) is 0 Å². The molecule has 0 aliphatic heterocycles. The van der Waals surface area contributed by atoms with Crippen LogP contribution in [0.5, 0.6) is 0 Å². The van der Waals surface area contributed by atoms with Crippen molar-refractivity contribution >= 4 is 30.2 Å². The van der Waals surface area contributed by atoms with Crippen molar-refractivity contribution in [1.82, 2.24) is 0 Å². The fourth-order valence-corrected chi connectivity index (χ4v) is 1.70. The lowest BCUT2D eigenvalue weighted by Crippen LogP contribution is -2.02. The zero-order valence-electron chi connectivity index (χ0n) is 7.70. The van der Waals surface area contributed by atoms with E-state index < -0.39 is 5.97 Å². The molecule has 0 aromatic heterocycles. The Morgan fingerprint density at radius 2 is 2.20 bits per heavy atom. The first-order valence-corrected chi connectivity index (χ1v) is 5.09. The van der Waals surface area contributed by atoms with Gasteiger partial charge < -0.3 is 5.11 Å². The number of carboxylic acid groups (broad SMARTS) is 1. The summed E-state index contributed by atoms with van der Waals surface area (Å²) < 4.78 is 0. The summed E-state index contributed by atoms with van der Waals surface area (Å²) in [6.45, 7) is 0. The summed E-state index contributed by atoms with van der Waals surface area (Å²) in [5, 5.41) is 17.4. The Morgan fingerprint density at radius 1 is 1.53 bits per heavy atom. The quantitative estimate of drug-likeness (QED) is 0.630. The molecule has 1 aromatic rings. The molecule has 1 N–H and O–H groups in total. The van der Waals surface area contributed by atoms with Gasteiger partial charge in [-0.1, -0.05) is 6.07 Å². The fourth-order valence-electron chi connectivity index (χ4n) is 1.20. The highest BCUT2D eigenvalue weighted by molar-refractivity contribution is 7.80. The predicted octanol–water partition coefficient (Wildman–Crippen LogP) is 2.21. The molecule has 0 aliphatic rings. The number of carbonyl (C=O) groups is 1. The first-order chi connectivity index (χ1) is 7.08. The van der Waals surface area contributed by atoms with Crippen LogP contribution < -0.4 is 0 Å². The summed E-state index contributed by atoms with van der Waals surface area (Å²) in [5.74, 6) is -0.751. The SMILES string of the molecule is N#Cc1cc(S)c(CC(=O)O)cc1CCl. The molecule has 0 radical (unpaired) electrons. The molecule has 1 rings (SSSR count). The van der Waals surface area contributed by atoms with E-state index in [0.29, 0.717) is 21.6 Å². The standard InChI is InChI=1S/C10H8ClNO2S/c11-4-7-1-6(3-10(13)14)9(15)2-8(7)5-12/h1-2,15H,3-4H2,(H,13,14). The molecule has 5 heteroatoms. The molecule has 0 saturated carbocycles. The first kappa shape index (κ1) is 11.9. The van der Waals surface area contributed by atoms with Gasteiger partial charge in [0.2, 0.25) is 0 Å². The van der Waals surface area contributed by atoms with Crippen LogP contribution in [0.1, 0.15) is 16.7 Å². The Morgan fingerprint density at radius 3 is 2.67 bits per heavy atom. The smallest absolute Gasteiger partial charge is 0.307 e. The van der Waals surface area contributed by atoms with Crippen LogP contribution in [0.3, 0.4) is 0 Å². The number of nitrogens with zero attached hydrogens (tertiary/aromatic N) is 1. The van der Waals surface area contributed by atoms with Crippen molar-refractivity contribution in [3.05, 3.63) is 28.8 Å². The molecule has 0 amide bonds. The van der Waals surface area contributed by atoms with Crippen molar-refractivity contribution in [2.45, 2.75) is 17.2 Å². The zero-order valence-corrected chi connectivity index (χ0v) is 9.35. The lowest BCUT2D eigenvalue weighted by molar-refractivity contribution is -0.136. The zero-order chi connectivity index (χ0) is 11.4. The van der Waals surface area contributed by atoms with Gasteiger partial charge in [0.1, 0.15) is 0 Å². The Bertz CT molecular complexity index is 440. The number of hydrogen-bond acceptors (Lipinski definition) is 3.